The third-order valence-electron chi connectivity index (χ3n) is 3.24. The molecule has 0 saturated carbocycles. The fourth-order valence-corrected chi connectivity index (χ4v) is 2.08. The van der Waals surface area contributed by atoms with Crippen LogP contribution in [-0.2, 0) is 6.42 Å². The average molecular weight is 305 g/mol. The summed E-state index contributed by atoms with van der Waals surface area (Å²) in [6, 6.07) is 5.22. The molecule has 2 aromatic rings. The van der Waals surface area contributed by atoms with E-state index in [-0.39, 0.29) is 17.3 Å². The van der Waals surface area contributed by atoms with Crippen molar-refractivity contribution in [1.82, 2.24) is 5.32 Å². The van der Waals surface area contributed by atoms with Crippen molar-refractivity contribution in [1.29, 1.82) is 0 Å². The van der Waals surface area contributed by atoms with E-state index in [4.69, 9.17) is 4.42 Å². The van der Waals surface area contributed by atoms with Gasteiger partial charge in [0.1, 0.15) is 5.76 Å². The molecule has 0 spiro atoms. The van der Waals surface area contributed by atoms with E-state index in [2.05, 4.69) is 5.32 Å². The van der Waals surface area contributed by atoms with Crippen LogP contribution in [0.3, 0.4) is 0 Å². The Bertz CT molecular complexity index is 708. The smallest absolute Gasteiger partial charge is 0.227 e. The Hall–Kier alpha value is -2.47. The molecule has 2 rings (SSSR count). The van der Waals surface area contributed by atoms with E-state index in [1.54, 1.807) is 0 Å². The molecule has 4 N–H and O–H groups in total. The van der Waals surface area contributed by atoms with Gasteiger partial charge in [-0.3, -0.25) is 4.79 Å². The fraction of sp³-hybridized carbons (Fsp3) is 0.312. The molecule has 0 aliphatic carbocycles. The van der Waals surface area contributed by atoms with Gasteiger partial charge in [0.25, 0.3) is 0 Å². The standard InChI is InChI=1S/C16H19NO5/c1-2-17-7-3-4-11-9-14(20)15(21)16(22-11)10-5-6-12(18)13(19)8-10/h5-6,8-9,17-19,21H,2-4,7H2,1H3. The number of phenols is 2. The van der Waals surface area contributed by atoms with Gasteiger partial charge in [0.15, 0.2) is 17.3 Å². The second kappa shape index (κ2) is 7.00. The maximum Gasteiger partial charge on any atom is 0.227 e. The first-order valence-electron chi connectivity index (χ1n) is 7.12. The van der Waals surface area contributed by atoms with E-state index in [9.17, 15) is 20.1 Å². The number of phenolic OH excluding ortho intramolecular Hbond substituents is 2. The quantitative estimate of drug-likeness (QED) is 0.480. The lowest BCUT2D eigenvalue weighted by Crippen LogP contribution is -2.14. The van der Waals surface area contributed by atoms with Crippen molar-refractivity contribution in [3.63, 3.8) is 0 Å². The van der Waals surface area contributed by atoms with E-state index < -0.39 is 11.2 Å². The molecule has 1 aromatic carbocycles. The Morgan fingerprint density at radius 2 is 1.91 bits per heavy atom. The molecule has 0 unspecified atom stereocenters. The van der Waals surface area contributed by atoms with Gasteiger partial charge in [0.05, 0.1) is 0 Å². The second-order valence-electron chi connectivity index (χ2n) is 4.92. The lowest BCUT2D eigenvalue weighted by atomic mass is 10.1. The summed E-state index contributed by atoms with van der Waals surface area (Å²) in [4.78, 5) is 11.8. The Morgan fingerprint density at radius 1 is 1.14 bits per heavy atom. The van der Waals surface area contributed by atoms with Crippen LogP contribution in [-0.4, -0.2) is 28.4 Å². The molecule has 0 bridgehead atoms. The normalized spacial score (nSPS) is 10.8. The molecule has 118 valence electrons. The molecule has 0 amide bonds. The van der Waals surface area contributed by atoms with E-state index in [0.717, 1.165) is 19.5 Å². The van der Waals surface area contributed by atoms with Crippen molar-refractivity contribution < 1.29 is 19.7 Å². The third-order valence-corrected chi connectivity index (χ3v) is 3.24. The third kappa shape index (κ3) is 3.59. The molecule has 0 aliphatic rings. The van der Waals surface area contributed by atoms with Gasteiger partial charge in [-0.05, 0) is 37.7 Å². The minimum Gasteiger partial charge on any atom is -0.504 e. The Morgan fingerprint density at radius 3 is 2.59 bits per heavy atom. The first kappa shape index (κ1) is 15.9. The van der Waals surface area contributed by atoms with Crippen LogP contribution >= 0.6 is 0 Å². The fourth-order valence-electron chi connectivity index (χ4n) is 2.08. The maximum atomic E-state index is 11.8. The van der Waals surface area contributed by atoms with Crippen molar-refractivity contribution >= 4 is 0 Å². The van der Waals surface area contributed by atoms with E-state index >= 15 is 0 Å². The van der Waals surface area contributed by atoms with Gasteiger partial charge < -0.3 is 25.1 Å². The van der Waals surface area contributed by atoms with Gasteiger partial charge in [0, 0.05) is 18.1 Å². The highest BCUT2D eigenvalue weighted by molar-refractivity contribution is 5.67. The van der Waals surface area contributed by atoms with Gasteiger partial charge in [-0.15, -0.1) is 0 Å². The van der Waals surface area contributed by atoms with Crippen molar-refractivity contribution in [2.45, 2.75) is 19.8 Å². The SMILES string of the molecule is CCNCCCc1cc(=O)c(O)c(-c2ccc(O)c(O)c2)o1. The predicted octanol–water partition coefficient (Wildman–Crippen LogP) is 1.97. The lowest BCUT2D eigenvalue weighted by Gasteiger charge is -2.08. The van der Waals surface area contributed by atoms with E-state index in [1.807, 2.05) is 6.92 Å². The highest BCUT2D eigenvalue weighted by Crippen LogP contribution is 2.33. The number of hydrogen-bond donors (Lipinski definition) is 4. The van der Waals surface area contributed by atoms with Crippen LogP contribution in [0.1, 0.15) is 19.1 Å². The van der Waals surface area contributed by atoms with Crippen molar-refractivity contribution in [2.75, 3.05) is 13.1 Å². The minimum atomic E-state index is -0.535. The summed E-state index contributed by atoms with van der Waals surface area (Å²) in [5.41, 5.74) is -0.217. The Balaban J connectivity index is 2.32. The zero-order valence-electron chi connectivity index (χ0n) is 12.3. The number of aromatic hydroxyl groups is 3. The number of rotatable bonds is 6. The molecular formula is C16H19NO5. The highest BCUT2D eigenvalue weighted by atomic mass is 16.4. The minimum absolute atomic E-state index is 0.0127. The second-order valence-corrected chi connectivity index (χ2v) is 4.92. The topological polar surface area (TPSA) is 103 Å². The lowest BCUT2D eigenvalue weighted by molar-refractivity contribution is 0.402. The van der Waals surface area contributed by atoms with E-state index in [1.165, 1.54) is 24.3 Å². The number of benzene rings is 1. The van der Waals surface area contributed by atoms with Crippen molar-refractivity contribution in [3.05, 3.63) is 40.2 Å². The number of aryl methyl sites for hydroxylation is 1. The summed E-state index contributed by atoms with van der Waals surface area (Å²) in [7, 11) is 0. The predicted molar refractivity (Wildman–Crippen MR) is 82.3 cm³/mol. The van der Waals surface area contributed by atoms with Gasteiger partial charge in [-0.25, -0.2) is 0 Å². The van der Waals surface area contributed by atoms with Crippen molar-refractivity contribution in [3.8, 4) is 28.6 Å². The number of nitrogens with one attached hydrogen (secondary N) is 1. The maximum absolute atomic E-state index is 11.8. The molecule has 1 aromatic heterocycles. The molecule has 0 atom stereocenters. The van der Waals surface area contributed by atoms with Crippen LogP contribution in [0, 0.1) is 0 Å². The molecule has 0 aliphatic heterocycles. The van der Waals surface area contributed by atoms with Crippen LogP contribution in [0.5, 0.6) is 17.2 Å². The van der Waals surface area contributed by atoms with Crippen molar-refractivity contribution in [2.24, 2.45) is 0 Å². The zero-order valence-corrected chi connectivity index (χ0v) is 12.3. The first-order valence-corrected chi connectivity index (χ1v) is 7.12. The summed E-state index contributed by atoms with van der Waals surface area (Å²) >= 11 is 0. The summed E-state index contributed by atoms with van der Waals surface area (Å²) in [6.45, 7) is 3.68. The van der Waals surface area contributed by atoms with Gasteiger partial charge in [0.2, 0.25) is 11.2 Å². The zero-order chi connectivity index (χ0) is 16.1. The first-order chi connectivity index (χ1) is 10.5. The molecule has 0 radical (unpaired) electrons. The van der Waals surface area contributed by atoms with Crippen LogP contribution < -0.4 is 10.7 Å². The molecule has 6 nitrogen and oxygen atoms in total. The molecular weight excluding hydrogens is 286 g/mol. The van der Waals surface area contributed by atoms with Crippen LogP contribution in [0.2, 0.25) is 0 Å². The average Bonchev–Trinajstić information content (AvgIpc) is 2.50. The largest absolute Gasteiger partial charge is 0.504 e. The monoisotopic (exact) mass is 305 g/mol. The van der Waals surface area contributed by atoms with Crippen LogP contribution in [0.15, 0.2) is 33.5 Å². The Kier molecular flexibility index (Phi) is 5.06. The summed E-state index contributed by atoms with van der Waals surface area (Å²) in [5.74, 6) is -0.700. The Labute approximate surface area is 127 Å². The number of hydrogen-bond acceptors (Lipinski definition) is 6. The van der Waals surface area contributed by atoms with E-state index in [0.29, 0.717) is 17.7 Å². The molecule has 6 heteroatoms. The summed E-state index contributed by atoms with van der Waals surface area (Å²) < 4.78 is 5.58. The summed E-state index contributed by atoms with van der Waals surface area (Å²) in [6.07, 6.45) is 1.35. The molecule has 22 heavy (non-hydrogen) atoms. The van der Waals surface area contributed by atoms with Crippen LogP contribution in [0.4, 0.5) is 0 Å². The highest BCUT2D eigenvalue weighted by Gasteiger charge is 2.14. The molecule has 1 heterocycles. The van der Waals surface area contributed by atoms with Gasteiger partial charge in [-0.2, -0.15) is 0 Å². The molecule has 0 saturated heterocycles. The van der Waals surface area contributed by atoms with Gasteiger partial charge in [-0.1, -0.05) is 6.92 Å². The summed E-state index contributed by atoms with van der Waals surface area (Å²) in [5, 5.41) is 31.9. The van der Waals surface area contributed by atoms with Crippen LogP contribution in [0.25, 0.3) is 11.3 Å². The van der Waals surface area contributed by atoms with Gasteiger partial charge >= 0.3 is 0 Å². The molecule has 0 fully saturated rings.